The summed E-state index contributed by atoms with van der Waals surface area (Å²) in [6.07, 6.45) is 9.37. The van der Waals surface area contributed by atoms with Crippen LogP contribution < -0.4 is 4.74 Å². The summed E-state index contributed by atoms with van der Waals surface area (Å²) in [6.45, 7) is 4.87. The van der Waals surface area contributed by atoms with Crippen LogP contribution in [0.5, 0.6) is 5.75 Å². The quantitative estimate of drug-likeness (QED) is 0.491. The third kappa shape index (κ3) is 7.32. The molecule has 3 heteroatoms. The standard InChI is InChI=1S/C18H29BrO2/c1-3-5-6-7-8-9-10-11-18(20)16-13-12-15(21-4-2)14-17(16)19/h12-14,18,20H,3-11H2,1-2H3. The van der Waals surface area contributed by atoms with E-state index in [9.17, 15) is 5.11 Å². The molecule has 1 N–H and O–H groups in total. The molecule has 0 aliphatic carbocycles. The van der Waals surface area contributed by atoms with E-state index in [4.69, 9.17) is 4.74 Å². The summed E-state index contributed by atoms with van der Waals surface area (Å²) in [5.41, 5.74) is 0.962. The number of aliphatic hydroxyl groups excluding tert-OH is 1. The normalized spacial score (nSPS) is 12.4. The number of hydrogen-bond donors (Lipinski definition) is 1. The molecule has 1 aromatic carbocycles. The van der Waals surface area contributed by atoms with Crippen molar-refractivity contribution in [2.75, 3.05) is 6.61 Å². The SMILES string of the molecule is CCCCCCCCCC(O)c1ccc(OCC)cc1Br. The Balaban J connectivity index is 2.30. The summed E-state index contributed by atoms with van der Waals surface area (Å²) >= 11 is 3.53. The maximum absolute atomic E-state index is 10.3. The van der Waals surface area contributed by atoms with Gasteiger partial charge in [0.25, 0.3) is 0 Å². The molecule has 0 radical (unpaired) electrons. The minimum Gasteiger partial charge on any atom is -0.494 e. The van der Waals surface area contributed by atoms with Gasteiger partial charge in [0.1, 0.15) is 5.75 Å². The Morgan fingerprint density at radius 2 is 1.71 bits per heavy atom. The van der Waals surface area contributed by atoms with Gasteiger partial charge in [-0.1, -0.05) is 73.9 Å². The zero-order valence-corrected chi connectivity index (χ0v) is 15.0. The number of benzene rings is 1. The maximum atomic E-state index is 10.3. The highest BCUT2D eigenvalue weighted by atomic mass is 79.9. The number of hydrogen-bond acceptors (Lipinski definition) is 2. The molecule has 0 saturated carbocycles. The minimum atomic E-state index is -0.384. The molecule has 0 fully saturated rings. The third-order valence-electron chi connectivity index (χ3n) is 3.72. The van der Waals surface area contributed by atoms with E-state index in [1.807, 2.05) is 25.1 Å². The molecule has 0 aromatic heterocycles. The molecule has 120 valence electrons. The molecule has 0 aliphatic heterocycles. The smallest absolute Gasteiger partial charge is 0.120 e. The summed E-state index contributed by atoms with van der Waals surface area (Å²) in [5.74, 6) is 0.844. The lowest BCUT2D eigenvalue weighted by atomic mass is 10.0. The van der Waals surface area contributed by atoms with Gasteiger partial charge in [-0.3, -0.25) is 0 Å². The molecule has 1 unspecified atom stereocenters. The minimum absolute atomic E-state index is 0.384. The van der Waals surface area contributed by atoms with Crippen LogP contribution in [0.1, 0.15) is 76.9 Å². The largest absolute Gasteiger partial charge is 0.494 e. The van der Waals surface area contributed by atoms with Crippen molar-refractivity contribution in [1.29, 1.82) is 0 Å². The number of aliphatic hydroxyl groups is 1. The Hall–Kier alpha value is -0.540. The van der Waals surface area contributed by atoms with Gasteiger partial charge in [-0.2, -0.15) is 0 Å². The van der Waals surface area contributed by atoms with E-state index in [2.05, 4.69) is 22.9 Å². The van der Waals surface area contributed by atoms with Crippen molar-refractivity contribution in [1.82, 2.24) is 0 Å². The lowest BCUT2D eigenvalue weighted by Crippen LogP contribution is -2.00. The van der Waals surface area contributed by atoms with Gasteiger partial charge in [-0.25, -0.2) is 0 Å². The molecule has 1 aromatic rings. The van der Waals surface area contributed by atoms with E-state index >= 15 is 0 Å². The van der Waals surface area contributed by atoms with Crippen LogP contribution in [-0.2, 0) is 0 Å². The number of halogens is 1. The van der Waals surface area contributed by atoms with Crippen molar-refractivity contribution >= 4 is 15.9 Å². The topological polar surface area (TPSA) is 29.5 Å². The van der Waals surface area contributed by atoms with Crippen molar-refractivity contribution < 1.29 is 9.84 Å². The van der Waals surface area contributed by atoms with Gasteiger partial charge >= 0.3 is 0 Å². The highest BCUT2D eigenvalue weighted by molar-refractivity contribution is 9.10. The van der Waals surface area contributed by atoms with Gasteiger partial charge in [0.2, 0.25) is 0 Å². The first-order valence-electron chi connectivity index (χ1n) is 8.29. The third-order valence-corrected chi connectivity index (χ3v) is 4.41. The second kappa shape index (κ2) is 11.1. The molecule has 0 amide bonds. The fourth-order valence-corrected chi connectivity index (χ4v) is 3.11. The predicted molar refractivity (Wildman–Crippen MR) is 92.9 cm³/mol. The van der Waals surface area contributed by atoms with E-state index in [1.165, 1.54) is 38.5 Å². The van der Waals surface area contributed by atoms with E-state index < -0.39 is 0 Å². The monoisotopic (exact) mass is 356 g/mol. The molecule has 0 heterocycles. The zero-order chi connectivity index (χ0) is 15.5. The molecule has 1 rings (SSSR count). The fraction of sp³-hybridized carbons (Fsp3) is 0.667. The van der Waals surface area contributed by atoms with Crippen LogP contribution in [0.2, 0.25) is 0 Å². The average Bonchev–Trinajstić information content (AvgIpc) is 2.46. The van der Waals surface area contributed by atoms with Crippen molar-refractivity contribution in [3.63, 3.8) is 0 Å². The van der Waals surface area contributed by atoms with Crippen LogP contribution in [0, 0.1) is 0 Å². The Bertz CT molecular complexity index is 393. The molecule has 1 atom stereocenters. The van der Waals surface area contributed by atoms with Crippen molar-refractivity contribution in [3.8, 4) is 5.75 Å². The summed E-state index contributed by atoms with van der Waals surface area (Å²) in [4.78, 5) is 0. The van der Waals surface area contributed by atoms with E-state index in [0.717, 1.165) is 28.6 Å². The van der Waals surface area contributed by atoms with Gasteiger partial charge in [0.15, 0.2) is 0 Å². The van der Waals surface area contributed by atoms with Crippen molar-refractivity contribution in [2.45, 2.75) is 71.3 Å². The van der Waals surface area contributed by atoms with Gasteiger partial charge in [-0.15, -0.1) is 0 Å². The van der Waals surface area contributed by atoms with E-state index in [-0.39, 0.29) is 6.10 Å². The second-order valence-electron chi connectivity index (χ2n) is 5.54. The second-order valence-corrected chi connectivity index (χ2v) is 6.40. The van der Waals surface area contributed by atoms with Crippen molar-refractivity contribution in [3.05, 3.63) is 28.2 Å². The fourth-order valence-electron chi connectivity index (χ4n) is 2.48. The molecular weight excluding hydrogens is 328 g/mol. The lowest BCUT2D eigenvalue weighted by Gasteiger charge is -2.14. The zero-order valence-electron chi connectivity index (χ0n) is 13.4. The Morgan fingerprint density at radius 3 is 2.33 bits per heavy atom. The van der Waals surface area contributed by atoms with E-state index in [1.54, 1.807) is 0 Å². The number of unbranched alkanes of at least 4 members (excludes halogenated alkanes) is 6. The molecule has 0 spiro atoms. The first-order valence-corrected chi connectivity index (χ1v) is 9.08. The van der Waals surface area contributed by atoms with Gasteiger partial charge in [0, 0.05) is 4.47 Å². The molecule has 0 aliphatic rings. The first-order chi connectivity index (χ1) is 10.2. The summed E-state index contributed by atoms with van der Waals surface area (Å²) in [6, 6.07) is 5.82. The number of ether oxygens (including phenoxy) is 1. The Morgan fingerprint density at radius 1 is 1.05 bits per heavy atom. The molecule has 2 nitrogen and oxygen atoms in total. The molecule has 0 bridgehead atoms. The summed E-state index contributed by atoms with van der Waals surface area (Å²) in [7, 11) is 0. The van der Waals surface area contributed by atoms with Gasteiger partial charge in [-0.05, 0) is 31.0 Å². The maximum Gasteiger partial charge on any atom is 0.120 e. The van der Waals surface area contributed by atoms with Crippen LogP contribution in [0.4, 0.5) is 0 Å². The van der Waals surface area contributed by atoms with Gasteiger partial charge in [0.05, 0.1) is 12.7 Å². The van der Waals surface area contributed by atoms with Crippen LogP contribution in [0.15, 0.2) is 22.7 Å². The number of rotatable bonds is 11. The van der Waals surface area contributed by atoms with E-state index in [0.29, 0.717) is 6.61 Å². The predicted octanol–water partition coefficient (Wildman–Crippen LogP) is 6.02. The van der Waals surface area contributed by atoms with Crippen LogP contribution in [-0.4, -0.2) is 11.7 Å². The van der Waals surface area contributed by atoms with Crippen LogP contribution in [0.25, 0.3) is 0 Å². The molecule has 21 heavy (non-hydrogen) atoms. The Labute approximate surface area is 138 Å². The molecule has 0 saturated heterocycles. The summed E-state index contributed by atoms with van der Waals surface area (Å²) in [5, 5.41) is 10.3. The van der Waals surface area contributed by atoms with Gasteiger partial charge < -0.3 is 9.84 Å². The highest BCUT2D eigenvalue weighted by Crippen LogP contribution is 2.30. The highest BCUT2D eigenvalue weighted by Gasteiger charge is 2.11. The lowest BCUT2D eigenvalue weighted by molar-refractivity contribution is 0.162. The average molecular weight is 357 g/mol. The van der Waals surface area contributed by atoms with Crippen molar-refractivity contribution in [2.24, 2.45) is 0 Å². The first kappa shape index (κ1) is 18.5. The van der Waals surface area contributed by atoms with Crippen LogP contribution in [0.3, 0.4) is 0 Å². The Kier molecular flexibility index (Phi) is 9.77. The molecular formula is C18H29BrO2. The van der Waals surface area contributed by atoms with Crippen LogP contribution >= 0.6 is 15.9 Å². The summed E-state index contributed by atoms with van der Waals surface area (Å²) < 4.78 is 6.39.